The summed E-state index contributed by atoms with van der Waals surface area (Å²) < 4.78 is 5.67. The molecule has 2 aromatic rings. The molecule has 1 aliphatic rings. The van der Waals surface area contributed by atoms with E-state index in [0.29, 0.717) is 0 Å². The van der Waals surface area contributed by atoms with Crippen LogP contribution in [0.4, 0.5) is 0 Å². The molecule has 15 heavy (non-hydrogen) atoms. The summed E-state index contributed by atoms with van der Waals surface area (Å²) in [7, 11) is 0. The van der Waals surface area contributed by atoms with E-state index in [1.54, 1.807) is 12.4 Å². The minimum Gasteiger partial charge on any atom is -0.459 e. The molecule has 2 N–H and O–H groups in total. The molecule has 2 heterocycles. The van der Waals surface area contributed by atoms with Gasteiger partial charge in [-0.15, -0.1) is 0 Å². The van der Waals surface area contributed by atoms with Crippen LogP contribution in [0.25, 0.3) is 11.0 Å². The van der Waals surface area contributed by atoms with Crippen molar-refractivity contribution >= 4 is 11.0 Å². The molecule has 1 saturated carbocycles. The van der Waals surface area contributed by atoms with E-state index in [1.165, 1.54) is 0 Å². The second-order valence-electron chi connectivity index (χ2n) is 4.49. The van der Waals surface area contributed by atoms with Gasteiger partial charge in [-0.1, -0.05) is 0 Å². The summed E-state index contributed by atoms with van der Waals surface area (Å²) in [5.41, 5.74) is 7.01. The van der Waals surface area contributed by atoms with E-state index in [1.807, 2.05) is 6.07 Å². The lowest BCUT2D eigenvalue weighted by Gasteiger charge is -2.04. The SMILES string of the molecule is NC1(CCc2cc3ccncc3o2)CC1. The van der Waals surface area contributed by atoms with Crippen molar-refractivity contribution in [2.45, 2.75) is 31.2 Å². The summed E-state index contributed by atoms with van der Waals surface area (Å²) in [6, 6.07) is 4.06. The molecule has 0 atom stereocenters. The Bertz CT molecular complexity index is 452. The number of hydrogen-bond acceptors (Lipinski definition) is 3. The zero-order chi connectivity index (χ0) is 10.3. The third kappa shape index (κ3) is 1.75. The Kier molecular flexibility index (Phi) is 1.83. The van der Waals surface area contributed by atoms with Crippen molar-refractivity contribution in [2.75, 3.05) is 0 Å². The number of fused-ring (bicyclic) bond motifs is 1. The van der Waals surface area contributed by atoms with Crippen molar-refractivity contribution in [3.63, 3.8) is 0 Å². The Hall–Kier alpha value is -1.35. The van der Waals surface area contributed by atoms with Gasteiger partial charge in [0.1, 0.15) is 5.76 Å². The highest BCUT2D eigenvalue weighted by molar-refractivity contribution is 5.76. The van der Waals surface area contributed by atoms with Crippen LogP contribution in [0.15, 0.2) is 28.9 Å². The first-order chi connectivity index (χ1) is 7.25. The summed E-state index contributed by atoms with van der Waals surface area (Å²) in [5.74, 6) is 1.02. The minimum absolute atomic E-state index is 0.108. The average Bonchev–Trinajstić information content (AvgIpc) is 2.83. The van der Waals surface area contributed by atoms with Crippen molar-refractivity contribution in [2.24, 2.45) is 5.73 Å². The minimum atomic E-state index is 0.108. The van der Waals surface area contributed by atoms with Crippen molar-refractivity contribution in [1.29, 1.82) is 0 Å². The van der Waals surface area contributed by atoms with Gasteiger partial charge >= 0.3 is 0 Å². The molecule has 0 unspecified atom stereocenters. The van der Waals surface area contributed by atoms with Gasteiger partial charge in [0.15, 0.2) is 5.58 Å². The van der Waals surface area contributed by atoms with Crippen LogP contribution in [0.5, 0.6) is 0 Å². The van der Waals surface area contributed by atoms with Crippen LogP contribution in [0.2, 0.25) is 0 Å². The molecule has 0 amide bonds. The van der Waals surface area contributed by atoms with E-state index in [2.05, 4.69) is 11.1 Å². The lowest BCUT2D eigenvalue weighted by atomic mass is 10.1. The predicted octanol–water partition coefficient (Wildman–Crippen LogP) is 2.25. The van der Waals surface area contributed by atoms with E-state index in [4.69, 9.17) is 10.2 Å². The first-order valence-corrected chi connectivity index (χ1v) is 5.37. The monoisotopic (exact) mass is 202 g/mol. The van der Waals surface area contributed by atoms with Crippen molar-refractivity contribution < 1.29 is 4.42 Å². The van der Waals surface area contributed by atoms with Gasteiger partial charge in [-0.2, -0.15) is 0 Å². The van der Waals surface area contributed by atoms with Crippen molar-refractivity contribution in [1.82, 2.24) is 4.98 Å². The quantitative estimate of drug-likeness (QED) is 0.830. The van der Waals surface area contributed by atoms with Gasteiger partial charge in [-0.3, -0.25) is 4.98 Å². The smallest absolute Gasteiger partial charge is 0.152 e. The maximum absolute atomic E-state index is 6.03. The van der Waals surface area contributed by atoms with Crippen LogP contribution in [0.1, 0.15) is 25.0 Å². The Balaban J connectivity index is 1.79. The number of furan rings is 1. The maximum Gasteiger partial charge on any atom is 0.152 e. The molecule has 1 aliphatic carbocycles. The fraction of sp³-hybridized carbons (Fsp3) is 0.417. The number of aryl methyl sites for hydroxylation is 1. The number of hydrogen-bond donors (Lipinski definition) is 1. The summed E-state index contributed by atoms with van der Waals surface area (Å²) in [6.07, 6.45) is 7.83. The first kappa shape index (κ1) is 8.92. The van der Waals surface area contributed by atoms with E-state index >= 15 is 0 Å². The molecule has 0 saturated heterocycles. The van der Waals surface area contributed by atoms with E-state index in [9.17, 15) is 0 Å². The summed E-state index contributed by atoms with van der Waals surface area (Å²) >= 11 is 0. The second kappa shape index (κ2) is 3.07. The molecule has 1 fully saturated rings. The van der Waals surface area contributed by atoms with Crippen LogP contribution in [-0.2, 0) is 6.42 Å². The molecule has 0 spiro atoms. The highest BCUT2D eigenvalue weighted by Crippen LogP contribution is 2.36. The second-order valence-corrected chi connectivity index (χ2v) is 4.49. The Morgan fingerprint density at radius 3 is 3.07 bits per heavy atom. The van der Waals surface area contributed by atoms with Crippen LogP contribution in [0.3, 0.4) is 0 Å². The van der Waals surface area contributed by atoms with Gasteiger partial charge in [0.05, 0.1) is 6.20 Å². The fourth-order valence-corrected chi connectivity index (χ4v) is 1.85. The van der Waals surface area contributed by atoms with E-state index in [-0.39, 0.29) is 5.54 Å². The third-order valence-corrected chi connectivity index (χ3v) is 3.14. The maximum atomic E-state index is 6.03. The summed E-state index contributed by atoms with van der Waals surface area (Å²) in [4.78, 5) is 4.03. The largest absolute Gasteiger partial charge is 0.459 e. The Labute approximate surface area is 88.3 Å². The zero-order valence-corrected chi connectivity index (χ0v) is 8.57. The Morgan fingerprint density at radius 2 is 2.33 bits per heavy atom. The zero-order valence-electron chi connectivity index (χ0n) is 8.57. The third-order valence-electron chi connectivity index (χ3n) is 3.14. The highest BCUT2D eigenvalue weighted by atomic mass is 16.3. The number of nitrogens with two attached hydrogens (primary N) is 1. The normalized spacial score (nSPS) is 18.2. The van der Waals surface area contributed by atoms with Gasteiger partial charge in [-0.05, 0) is 31.4 Å². The molecular formula is C12H14N2O. The molecular weight excluding hydrogens is 188 g/mol. The first-order valence-electron chi connectivity index (χ1n) is 5.37. The molecule has 2 aromatic heterocycles. The van der Waals surface area contributed by atoms with Crippen LogP contribution < -0.4 is 5.73 Å². The van der Waals surface area contributed by atoms with Crippen molar-refractivity contribution in [3.8, 4) is 0 Å². The van der Waals surface area contributed by atoms with Gasteiger partial charge < -0.3 is 10.2 Å². The van der Waals surface area contributed by atoms with Gasteiger partial charge in [-0.25, -0.2) is 0 Å². The van der Waals surface area contributed by atoms with E-state index in [0.717, 1.165) is 42.4 Å². The molecule has 0 aromatic carbocycles. The van der Waals surface area contributed by atoms with Gasteiger partial charge in [0.25, 0.3) is 0 Å². The highest BCUT2D eigenvalue weighted by Gasteiger charge is 2.37. The standard InChI is InChI=1S/C12H14N2O/c13-12(4-5-12)3-1-10-7-9-2-6-14-8-11(9)15-10/h2,6-8H,1,3-5,13H2. The van der Waals surface area contributed by atoms with Gasteiger partial charge in [0, 0.05) is 23.5 Å². The summed E-state index contributed by atoms with van der Waals surface area (Å²) in [5, 5.41) is 1.13. The average molecular weight is 202 g/mol. The van der Waals surface area contributed by atoms with Crippen LogP contribution in [-0.4, -0.2) is 10.5 Å². The number of rotatable bonds is 3. The topological polar surface area (TPSA) is 52.0 Å². The fourth-order valence-electron chi connectivity index (χ4n) is 1.85. The molecule has 3 rings (SSSR count). The lowest BCUT2D eigenvalue weighted by molar-refractivity contribution is 0.507. The van der Waals surface area contributed by atoms with E-state index < -0.39 is 0 Å². The van der Waals surface area contributed by atoms with Crippen molar-refractivity contribution in [3.05, 3.63) is 30.3 Å². The number of pyridine rings is 1. The molecule has 78 valence electrons. The van der Waals surface area contributed by atoms with Crippen LogP contribution in [0, 0.1) is 0 Å². The Morgan fingerprint density at radius 1 is 1.47 bits per heavy atom. The van der Waals surface area contributed by atoms with Gasteiger partial charge in [0.2, 0.25) is 0 Å². The molecule has 3 nitrogen and oxygen atoms in total. The lowest BCUT2D eigenvalue weighted by Crippen LogP contribution is -2.21. The molecule has 0 bridgehead atoms. The number of aromatic nitrogens is 1. The molecule has 0 radical (unpaired) electrons. The predicted molar refractivity (Wildman–Crippen MR) is 58.5 cm³/mol. The summed E-state index contributed by atoms with van der Waals surface area (Å²) in [6.45, 7) is 0. The van der Waals surface area contributed by atoms with Crippen LogP contribution >= 0.6 is 0 Å². The molecule has 0 aliphatic heterocycles. The molecule has 3 heteroatoms. The number of nitrogens with zero attached hydrogens (tertiary/aromatic N) is 1.